The molecule has 0 radical (unpaired) electrons. The molecule has 2 aliphatic rings. The molecule has 2 saturated heterocycles. The number of carbonyl (C=O) groups excluding carboxylic acids is 1. The van der Waals surface area contributed by atoms with Gasteiger partial charge in [0.1, 0.15) is 5.82 Å². The van der Waals surface area contributed by atoms with Crippen LogP contribution in [-0.2, 0) is 4.79 Å². The molecule has 6 heteroatoms. The molecule has 6 nitrogen and oxygen atoms in total. The molecule has 0 aliphatic carbocycles. The molecule has 1 aromatic heterocycles. The zero-order valence-electron chi connectivity index (χ0n) is 15.3. The van der Waals surface area contributed by atoms with Crippen molar-refractivity contribution in [2.24, 2.45) is 0 Å². The number of nitrogens with zero attached hydrogens (tertiary/aromatic N) is 5. The number of anilines is 2. The predicted octanol–water partition coefficient (Wildman–Crippen LogP) is 2.26. The lowest BCUT2D eigenvalue weighted by Crippen LogP contribution is -2.48. The van der Waals surface area contributed by atoms with E-state index in [1.807, 2.05) is 19.0 Å². The Bertz CT molecular complexity index is 575. The van der Waals surface area contributed by atoms with Crippen LogP contribution >= 0.6 is 0 Å². The van der Waals surface area contributed by atoms with Crippen LogP contribution in [0.2, 0.25) is 0 Å². The maximum Gasteiger partial charge on any atom is 0.227 e. The van der Waals surface area contributed by atoms with Crippen LogP contribution in [0.5, 0.6) is 0 Å². The maximum absolute atomic E-state index is 12.1. The summed E-state index contributed by atoms with van der Waals surface area (Å²) >= 11 is 0. The Morgan fingerprint density at radius 2 is 2.00 bits per heavy atom. The van der Waals surface area contributed by atoms with E-state index in [0.717, 1.165) is 56.4 Å². The number of aromatic nitrogens is 2. The Balaban J connectivity index is 1.83. The third kappa shape index (κ3) is 3.47. The molecule has 1 atom stereocenters. The minimum atomic E-state index is 0.321. The van der Waals surface area contributed by atoms with Crippen molar-refractivity contribution in [3.8, 4) is 0 Å². The first-order valence-electron chi connectivity index (χ1n) is 9.06. The standard InChI is InChI=1S/C18H29N5O/c1-13(2)15-11-16(20-18(19-15)21(3)4)22-9-5-7-14(12-22)23-10-6-8-17(23)24/h11,13-14H,5-10,12H2,1-4H3/t14-/m1/s1. The number of rotatable bonds is 4. The van der Waals surface area contributed by atoms with Gasteiger partial charge in [-0.3, -0.25) is 4.79 Å². The highest BCUT2D eigenvalue weighted by molar-refractivity contribution is 5.78. The van der Waals surface area contributed by atoms with E-state index in [1.54, 1.807) is 0 Å². The number of hydrogen-bond donors (Lipinski definition) is 0. The second-order valence-electron chi connectivity index (χ2n) is 7.43. The highest BCUT2D eigenvalue weighted by Gasteiger charge is 2.32. The monoisotopic (exact) mass is 331 g/mol. The molecule has 3 rings (SSSR count). The largest absolute Gasteiger partial charge is 0.354 e. The van der Waals surface area contributed by atoms with E-state index in [9.17, 15) is 4.79 Å². The molecule has 1 aromatic rings. The van der Waals surface area contributed by atoms with Gasteiger partial charge in [0.15, 0.2) is 0 Å². The first kappa shape index (κ1) is 17.0. The van der Waals surface area contributed by atoms with Gasteiger partial charge in [0.2, 0.25) is 11.9 Å². The van der Waals surface area contributed by atoms with E-state index < -0.39 is 0 Å². The fraction of sp³-hybridized carbons (Fsp3) is 0.722. The van der Waals surface area contributed by atoms with Gasteiger partial charge in [-0.25, -0.2) is 4.98 Å². The Labute approximate surface area is 144 Å². The van der Waals surface area contributed by atoms with Gasteiger partial charge in [0.05, 0.1) is 5.69 Å². The molecule has 2 aliphatic heterocycles. The van der Waals surface area contributed by atoms with Crippen molar-refractivity contribution < 1.29 is 4.79 Å². The summed E-state index contributed by atoms with van der Waals surface area (Å²) in [7, 11) is 3.95. The van der Waals surface area contributed by atoms with Crippen molar-refractivity contribution in [2.75, 3.05) is 43.5 Å². The topological polar surface area (TPSA) is 52.6 Å². The molecular weight excluding hydrogens is 302 g/mol. The normalized spacial score (nSPS) is 21.7. The average molecular weight is 331 g/mol. The molecule has 0 unspecified atom stereocenters. The van der Waals surface area contributed by atoms with Gasteiger partial charge in [0.25, 0.3) is 0 Å². The zero-order chi connectivity index (χ0) is 17.3. The minimum Gasteiger partial charge on any atom is -0.354 e. The third-order valence-electron chi connectivity index (χ3n) is 4.98. The number of hydrogen-bond acceptors (Lipinski definition) is 5. The van der Waals surface area contributed by atoms with Gasteiger partial charge in [0, 0.05) is 52.3 Å². The smallest absolute Gasteiger partial charge is 0.227 e. The van der Waals surface area contributed by atoms with Crippen molar-refractivity contribution in [2.45, 2.75) is 51.5 Å². The fourth-order valence-corrected chi connectivity index (χ4v) is 3.57. The molecule has 0 bridgehead atoms. The summed E-state index contributed by atoms with van der Waals surface area (Å²) in [6.07, 6.45) is 3.93. The van der Waals surface area contributed by atoms with Crippen molar-refractivity contribution >= 4 is 17.7 Å². The lowest BCUT2D eigenvalue weighted by atomic mass is 10.0. The predicted molar refractivity (Wildman–Crippen MR) is 96.6 cm³/mol. The van der Waals surface area contributed by atoms with Gasteiger partial charge < -0.3 is 14.7 Å². The molecule has 0 saturated carbocycles. The summed E-state index contributed by atoms with van der Waals surface area (Å²) in [4.78, 5) is 27.9. The van der Waals surface area contributed by atoms with E-state index in [1.165, 1.54) is 0 Å². The summed E-state index contributed by atoms with van der Waals surface area (Å²) in [6, 6.07) is 2.44. The van der Waals surface area contributed by atoms with Crippen LogP contribution < -0.4 is 9.80 Å². The van der Waals surface area contributed by atoms with Crippen molar-refractivity contribution in [3.63, 3.8) is 0 Å². The van der Waals surface area contributed by atoms with Gasteiger partial charge >= 0.3 is 0 Å². The maximum atomic E-state index is 12.1. The SMILES string of the molecule is CC(C)c1cc(N2CCC[C@@H](N3CCCC3=O)C2)nc(N(C)C)n1. The molecule has 2 fully saturated rings. The number of piperidine rings is 1. The highest BCUT2D eigenvalue weighted by atomic mass is 16.2. The van der Waals surface area contributed by atoms with Gasteiger partial charge in [-0.15, -0.1) is 0 Å². The van der Waals surface area contributed by atoms with Crippen LogP contribution in [0.1, 0.15) is 51.1 Å². The van der Waals surface area contributed by atoms with Crippen LogP contribution in [0.25, 0.3) is 0 Å². The van der Waals surface area contributed by atoms with Crippen molar-refractivity contribution in [3.05, 3.63) is 11.8 Å². The molecule has 24 heavy (non-hydrogen) atoms. The van der Waals surface area contributed by atoms with Gasteiger partial charge in [-0.2, -0.15) is 4.98 Å². The Kier molecular flexibility index (Phi) is 4.92. The summed E-state index contributed by atoms with van der Waals surface area (Å²) < 4.78 is 0. The van der Waals surface area contributed by atoms with E-state index in [0.29, 0.717) is 24.3 Å². The molecule has 1 amide bonds. The van der Waals surface area contributed by atoms with E-state index in [-0.39, 0.29) is 0 Å². The quantitative estimate of drug-likeness (QED) is 0.847. The van der Waals surface area contributed by atoms with Crippen LogP contribution in [0, 0.1) is 0 Å². The number of carbonyl (C=O) groups is 1. The lowest BCUT2D eigenvalue weighted by molar-refractivity contribution is -0.129. The molecule has 0 N–H and O–H groups in total. The summed E-state index contributed by atoms with van der Waals surface area (Å²) in [6.45, 7) is 7.12. The fourth-order valence-electron chi connectivity index (χ4n) is 3.57. The van der Waals surface area contributed by atoms with Crippen LogP contribution in [0.15, 0.2) is 6.07 Å². The number of likely N-dealkylation sites (tertiary alicyclic amines) is 1. The molecule has 0 spiro atoms. The second-order valence-corrected chi connectivity index (χ2v) is 7.43. The van der Waals surface area contributed by atoms with E-state index in [4.69, 9.17) is 4.98 Å². The third-order valence-corrected chi connectivity index (χ3v) is 4.98. The Hall–Kier alpha value is -1.85. The van der Waals surface area contributed by atoms with E-state index >= 15 is 0 Å². The highest BCUT2D eigenvalue weighted by Crippen LogP contribution is 2.27. The lowest BCUT2D eigenvalue weighted by Gasteiger charge is -2.38. The summed E-state index contributed by atoms with van der Waals surface area (Å²) in [5, 5.41) is 0. The molecule has 3 heterocycles. The first-order chi connectivity index (χ1) is 11.5. The van der Waals surface area contributed by atoms with Crippen molar-refractivity contribution in [1.29, 1.82) is 0 Å². The van der Waals surface area contributed by atoms with Crippen LogP contribution in [0.3, 0.4) is 0 Å². The summed E-state index contributed by atoms with van der Waals surface area (Å²) in [5.74, 6) is 2.44. The van der Waals surface area contributed by atoms with Crippen LogP contribution in [0.4, 0.5) is 11.8 Å². The first-order valence-corrected chi connectivity index (χ1v) is 9.06. The minimum absolute atomic E-state index is 0.321. The second kappa shape index (κ2) is 6.95. The Morgan fingerprint density at radius 1 is 1.21 bits per heavy atom. The molecular formula is C18H29N5O. The Morgan fingerprint density at radius 3 is 2.62 bits per heavy atom. The molecule has 0 aromatic carbocycles. The summed E-state index contributed by atoms with van der Waals surface area (Å²) in [5.41, 5.74) is 1.07. The van der Waals surface area contributed by atoms with Crippen molar-refractivity contribution in [1.82, 2.24) is 14.9 Å². The molecule has 132 valence electrons. The van der Waals surface area contributed by atoms with Gasteiger partial charge in [-0.05, 0) is 25.2 Å². The van der Waals surface area contributed by atoms with Crippen LogP contribution in [-0.4, -0.2) is 60.5 Å². The zero-order valence-corrected chi connectivity index (χ0v) is 15.3. The van der Waals surface area contributed by atoms with Gasteiger partial charge in [-0.1, -0.05) is 13.8 Å². The average Bonchev–Trinajstić information content (AvgIpc) is 3.00. The van der Waals surface area contributed by atoms with E-state index in [2.05, 4.69) is 34.7 Å². The number of amides is 1.